The maximum Gasteiger partial charge on any atom is 0.123 e. The smallest absolute Gasteiger partial charge is 0.123 e. The molecular weight excluding hydrogens is 633 g/mol. The van der Waals surface area contributed by atoms with E-state index < -0.39 is 14.5 Å². The molecule has 1 heterocycles. The molecule has 2 nitrogen and oxygen atoms in total. The topological polar surface area (TPSA) is 23.5 Å². The van der Waals surface area contributed by atoms with Crippen molar-refractivity contribution < 1.29 is 19.6 Å². The molecular formula is C38H42Cl2NOSiTi-. The number of rotatable bonds is 2. The van der Waals surface area contributed by atoms with Crippen molar-refractivity contribution in [3.63, 3.8) is 0 Å². The van der Waals surface area contributed by atoms with E-state index in [0.717, 1.165) is 16.7 Å². The van der Waals surface area contributed by atoms with Gasteiger partial charge >= 0.3 is 52.4 Å². The molecule has 1 fully saturated rings. The summed E-state index contributed by atoms with van der Waals surface area (Å²) in [6, 6.07) is 30.1. The maximum absolute atomic E-state index is 10.2. The Morgan fingerprint density at radius 1 is 0.818 bits per heavy atom. The van der Waals surface area contributed by atoms with Gasteiger partial charge in [-0.25, -0.2) is 0 Å². The molecule has 0 spiro atoms. The number of phenols is 1. The van der Waals surface area contributed by atoms with Crippen molar-refractivity contribution in [1.29, 1.82) is 0 Å². The average molecular weight is 676 g/mol. The van der Waals surface area contributed by atoms with Crippen molar-refractivity contribution in [2.75, 3.05) is 13.1 Å². The van der Waals surface area contributed by atoms with E-state index in [2.05, 4.69) is 118 Å². The Hall–Kier alpha value is -2.11. The predicted molar refractivity (Wildman–Crippen MR) is 187 cm³/mol. The van der Waals surface area contributed by atoms with Crippen LogP contribution in [-0.2, 0) is 19.9 Å². The van der Waals surface area contributed by atoms with Gasteiger partial charge in [-0.1, -0.05) is 74.9 Å². The minimum atomic E-state index is -1.42. The van der Waals surface area contributed by atoms with E-state index in [0.29, 0.717) is 11.8 Å². The van der Waals surface area contributed by atoms with Crippen LogP contribution in [-0.4, -0.2) is 29.3 Å². The summed E-state index contributed by atoms with van der Waals surface area (Å²) < 4.78 is 0. The zero-order valence-corrected chi connectivity index (χ0v) is 30.7. The first-order valence-corrected chi connectivity index (χ1v) is 24.6. The Bertz CT molecular complexity index is 1720. The van der Waals surface area contributed by atoms with Crippen LogP contribution in [0.3, 0.4) is 0 Å². The summed E-state index contributed by atoms with van der Waals surface area (Å²) in [6.07, 6.45) is 5.95. The third-order valence-electron chi connectivity index (χ3n) is 8.93. The molecule has 0 aromatic heterocycles. The second kappa shape index (κ2) is 14.1. The van der Waals surface area contributed by atoms with Crippen molar-refractivity contribution in [2.45, 2.75) is 65.1 Å². The number of phenolic OH excluding ortho intramolecular Hbond substituents is 1. The molecule has 1 N–H and O–H groups in total. The molecule has 6 heteroatoms. The SMILES string of the molecule is CC1=[C-]c2ccccc2C1N1CCCC1.C[Si](C)=[Ti]([Cl])[Cl].Cc1ccc(O)c(-c2ccc3c(c2)C(C)(C)c2ccccc2-3)c1. The molecule has 0 radical (unpaired) electrons. The minimum absolute atomic E-state index is 0.0125. The van der Waals surface area contributed by atoms with Crippen molar-refractivity contribution in [3.8, 4) is 28.0 Å². The van der Waals surface area contributed by atoms with Crippen LogP contribution in [0, 0.1) is 13.0 Å². The first-order valence-electron chi connectivity index (χ1n) is 15.5. The zero-order valence-electron chi connectivity index (χ0n) is 26.6. The van der Waals surface area contributed by atoms with E-state index in [1.54, 1.807) is 6.07 Å². The third-order valence-corrected chi connectivity index (χ3v) is 22.6. The summed E-state index contributed by atoms with van der Waals surface area (Å²) >= 11 is -1.42. The Kier molecular flexibility index (Phi) is 10.7. The first-order chi connectivity index (χ1) is 21.0. The number of hydrogen-bond donors (Lipinski definition) is 1. The third kappa shape index (κ3) is 6.99. The number of aryl methyl sites for hydroxylation is 1. The molecule has 4 aromatic rings. The quantitative estimate of drug-likeness (QED) is 0.169. The molecule has 7 rings (SSSR count). The summed E-state index contributed by atoms with van der Waals surface area (Å²) in [5.41, 5.74) is 12.6. The fourth-order valence-electron chi connectivity index (χ4n) is 6.59. The second-order valence-corrected chi connectivity index (χ2v) is 28.8. The van der Waals surface area contributed by atoms with Gasteiger partial charge in [0.1, 0.15) is 5.75 Å². The van der Waals surface area contributed by atoms with E-state index in [1.165, 1.54) is 64.9 Å². The average Bonchev–Trinajstić information content (AvgIpc) is 3.70. The van der Waals surface area contributed by atoms with Gasteiger partial charge in [0.25, 0.3) is 0 Å². The van der Waals surface area contributed by atoms with Crippen molar-refractivity contribution in [1.82, 2.24) is 4.90 Å². The molecule has 1 saturated heterocycles. The number of aromatic hydroxyl groups is 1. The van der Waals surface area contributed by atoms with E-state index in [-0.39, 0.29) is 11.6 Å². The van der Waals surface area contributed by atoms with Gasteiger partial charge in [0.2, 0.25) is 0 Å². The van der Waals surface area contributed by atoms with Crippen molar-refractivity contribution >= 4 is 24.8 Å². The normalized spacial score (nSPS) is 17.3. The number of hydrogen-bond acceptors (Lipinski definition) is 2. The Morgan fingerprint density at radius 2 is 1.45 bits per heavy atom. The second-order valence-electron chi connectivity index (χ2n) is 12.8. The summed E-state index contributed by atoms with van der Waals surface area (Å²) in [6.45, 7) is 15.6. The van der Waals surface area contributed by atoms with E-state index in [1.807, 2.05) is 12.1 Å². The number of likely N-dealkylation sites (tertiary alicyclic amines) is 1. The standard InChI is InChI=1S/C22H20O.C14H16N.C2H6Si.2ClH.Ti/c1-14-8-11-21(23)18(12-14)15-9-10-17-16-6-4-5-7-19(16)22(2,3)20(17)13-15;1-11-10-12-6-2-3-7-13(12)14(11)15-8-4-5-9-15;1-3-2;;;/h4-13,23H,1-3H3;2-3,6-7,14H,4-5,8-9H2,1H3;1-2H3;2*1H;/q;-1;;;;+2/p-2. The van der Waals surface area contributed by atoms with E-state index in [4.69, 9.17) is 18.6 Å². The van der Waals surface area contributed by atoms with Crippen LogP contribution in [0.2, 0.25) is 13.1 Å². The molecule has 2 aliphatic carbocycles. The number of nitrogens with zero attached hydrogens (tertiary/aromatic N) is 1. The number of fused-ring (bicyclic) bond motifs is 4. The molecule has 1 unspecified atom stereocenters. The summed E-state index contributed by atoms with van der Waals surface area (Å²) in [7, 11) is 11.2. The van der Waals surface area contributed by atoms with Gasteiger partial charge in [-0.05, 0) is 78.9 Å². The summed E-state index contributed by atoms with van der Waals surface area (Å²) in [4.78, 5) is 2.59. The molecule has 4 aromatic carbocycles. The van der Waals surface area contributed by atoms with Gasteiger partial charge in [-0.2, -0.15) is 17.7 Å². The van der Waals surface area contributed by atoms with Crippen LogP contribution in [0.25, 0.3) is 22.3 Å². The van der Waals surface area contributed by atoms with Gasteiger partial charge in [-0.3, -0.25) is 0 Å². The molecule has 228 valence electrons. The van der Waals surface area contributed by atoms with Crippen LogP contribution in [0.5, 0.6) is 5.75 Å². The molecule has 0 saturated carbocycles. The number of halogens is 2. The van der Waals surface area contributed by atoms with Crippen LogP contribution in [0.1, 0.15) is 67.5 Å². The molecule has 44 heavy (non-hydrogen) atoms. The Balaban J connectivity index is 0.000000156. The molecule has 0 amide bonds. The van der Waals surface area contributed by atoms with Gasteiger partial charge < -0.3 is 10.0 Å². The predicted octanol–water partition coefficient (Wildman–Crippen LogP) is 10.8. The Labute approximate surface area is 278 Å². The fraction of sp³-hybridized carbons (Fsp3) is 0.316. The fourth-order valence-corrected chi connectivity index (χ4v) is 6.59. The number of benzene rings is 4. The zero-order chi connectivity index (χ0) is 31.6. The van der Waals surface area contributed by atoms with Gasteiger partial charge in [-0.15, -0.1) is 23.3 Å². The van der Waals surface area contributed by atoms with E-state index >= 15 is 0 Å². The van der Waals surface area contributed by atoms with Crippen molar-refractivity contribution in [3.05, 3.63) is 124 Å². The van der Waals surface area contributed by atoms with Gasteiger partial charge in [0.05, 0.1) is 0 Å². The van der Waals surface area contributed by atoms with Crippen LogP contribution in [0.15, 0.2) is 90.5 Å². The summed E-state index contributed by atoms with van der Waals surface area (Å²) in [5, 5.41) is 10.2. The van der Waals surface area contributed by atoms with E-state index in [9.17, 15) is 5.11 Å². The molecule has 1 atom stereocenters. The van der Waals surface area contributed by atoms with Crippen LogP contribution >= 0.6 is 18.6 Å². The van der Waals surface area contributed by atoms with Crippen molar-refractivity contribution in [2.24, 2.45) is 0 Å². The van der Waals surface area contributed by atoms with Crippen LogP contribution < -0.4 is 0 Å². The van der Waals surface area contributed by atoms with Gasteiger partial charge in [0.15, 0.2) is 0 Å². The first kappa shape index (κ1) is 33.3. The van der Waals surface area contributed by atoms with Gasteiger partial charge in [0, 0.05) is 17.0 Å². The molecule has 3 aliphatic rings. The largest absolute Gasteiger partial charge is 0.507 e. The maximum atomic E-state index is 10.2. The molecule has 1 aliphatic heterocycles. The monoisotopic (exact) mass is 674 g/mol. The van der Waals surface area contributed by atoms with Crippen LogP contribution in [0.4, 0.5) is 0 Å². The Morgan fingerprint density at radius 3 is 2.16 bits per heavy atom. The summed E-state index contributed by atoms with van der Waals surface area (Å²) in [5.74, 6) is 0.337. The molecule has 0 bridgehead atoms. The minimum Gasteiger partial charge on any atom is -0.507 e.